The van der Waals surface area contributed by atoms with Crippen molar-refractivity contribution in [2.24, 2.45) is 34.5 Å². The average molecular weight is 642 g/mol. The molecule has 7 aliphatic rings. The molecule has 0 bridgehead atoms. The summed E-state index contributed by atoms with van der Waals surface area (Å²) in [7, 11) is 1.59. The Morgan fingerprint density at radius 1 is 0.979 bits per heavy atom. The monoisotopic (exact) mass is 641 g/mol. The number of ether oxygens (including phenoxy) is 3. The molecule has 0 radical (unpaired) electrons. The van der Waals surface area contributed by atoms with E-state index in [-0.39, 0.29) is 36.0 Å². The van der Waals surface area contributed by atoms with Crippen molar-refractivity contribution >= 4 is 5.97 Å². The Bertz CT molecular complexity index is 1420. The highest BCUT2D eigenvalue weighted by Gasteiger charge is 2.59. The number of aliphatic hydroxyl groups excluding tert-OH is 1. The van der Waals surface area contributed by atoms with Crippen LogP contribution in [0.1, 0.15) is 109 Å². The van der Waals surface area contributed by atoms with Gasteiger partial charge in [0.15, 0.2) is 11.5 Å². The van der Waals surface area contributed by atoms with Crippen LogP contribution >= 0.6 is 0 Å². The van der Waals surface area contributed by atoms with E-state index in [1.54, 1.807) is 14.0 Å². The van der Waals surface area contributed by atoms with E-state index in [9.17, 15) is 9.90 Å². The molecule has 1 N–H and O–H groups in total. The number of cyclic esters (lactones) is 1. The maximum atomic E-state index is 12.6. The molecule has 2 spiro atoms. The molecule has 47 heavy (non-hydrogen) atoms. The molecule has 6 unspecified atom stereocenters. The second kappa shape index (κ2) is 12.4. The Balaban J connectivity index is 1.12. The molecule has 4 aliphatic heterocycles. The number of esters is 1. The van der Waals surface area contributed by atoms with Crippen LogP contribution in [0.4, 0.5) is 0 Å². The van der Waals surface area contributed by atoms with Crippen LogP contribution in [0.25, 0.3) is 0 Å². The molecule has 6 heteroatoms. The standard InChI is InChI=1S/C41H55NO5/c1-26-35-31-24-29(22-28-12-5-4-6-13-28)23-30(32(43)25-34-40(15-7-8-16-40)19-20-41(34)17-9-10-18-41)42(31)21-11-14-33(35)46-37(26)38-36(45-3)27(2)39(44)47-38/h4-6,12-14,26,29-32,34-35,43H,7-11,15-25H2,1-3H3. The predicted molar refractivity (Wildman–Crippen MR) is 182 cm³/mol. The molecule has 8 rings (SSSR count). The Labute approximate surface area is 281 Å². The topological polar surface area (TPSA) is 68.2 Å². The normalized spacial score (nSPS) is 35.5. The molecule has 2 saturated heterocycles. The van der Waals surface area contributed by atoms with Crippen molar-refractivity contribution in [3.8, 4) is 0 Å². The van der Waals surface area contributed by atoms with Crippen LogP contribution in [0.2, 0.25) is 0 Å². The van der Waals surface area contributed by atoms with Crippen LogP contribution in [0.15, 0.2) is 65.0 Å². The summed E-state index contributed by atoms with van der Waals surface area (Å²) in [5, 5.41) is 12.6. The van der Waals surface area contributed by atoms with E-state index >= 15 is 0 Å². The largest absolute Gasteiger partial charge is 0.492 e. The fourth-order valence-electron chi connectivity index (χ4n) is 12.1. The molecule has 5 fully saturated rings. The third kappa shape index (κ3) is 5.31. The van der Waals surface area contributed by atoms with E-state index in [2.05, 4.69) is 48.2 Å². The number of nitrogens with zero attached hydrogens (tertiary/aromatic N) is 1. The number of rotatable bonds is 6. The molecular weight excluding hydrogens is 586 g/mol. The van der Waals surface area contributed by atoms with Crippen molar-refractivity contribution in [2.45, 2.75) is 128 Å². The van der Waals surface area contributed by atoms with Crippen molar-refractivity contribution < 1.29 is 24.1 Å². The second-order valence-electron chi connectivity index (χ2n) is 16.4. The maximum Gasteiger partial charge on any atom is 0.343 e. The van der Waals surface area contributed by atoms with E-state index < -0.39 is 0 Å². The number of piperidine rings is 1. The summed E-state index contributed by atoms with van der Waals surface area (Å²) in [4.78, 5) is 15.3. The summed E-state index contributed by atoms with van der Waals surface area (Å²) < 4.78 is 18.1. The van der Waals surface area contributed by atoms with Gasteiger partial charge in [0, 0.05) is 30.5 Å². The van der Waals surface area contributed by atoms with Crippen LogP contribution in [-0.4, -0.2) is 47.8 Å². The van der Waals surface area contributed by atoms with Gasteiger partial charge in [-0.3, -0.25) is 4.90 Å². The summed E-state index contributed by atoms with van der Waals surface area (Å²) in [5.74, 6) is 3.59. The molecule has 4 heterocycles. The Morgan fingerprint density at radius 2 is 1.66 bits per heavy atom. The van der Waals surface area contributed by atoms with Gasteiger partial charge in [-0.15, -0.1) is 0 Å². The Hall–Kier alpha value is -2.57. The predicted octanol–water partition coefficient (Wildman–Crippen LogP) is 8.22. The van der Waals surface area contributed by atoms with Gasteiger partial charge in [0.05, 0.1) is 18.8 Å². The number of hydrogen-bond acceptors (Lipinski definition) is 6. The molecule has 3 aliphatic carbocycles. The van der Waals surface area contributed by atoms with Crippen LogP contribution in [0, 0.1) is 34.5 Å². The zero-order valence-corrected chi connectivity index (χ0v) is 28.8. The lowest BCUT2D eigenvalue weighted by molar-refractivity contribution is -0.133. The number of fused-ring (bicyclic) bond motifs is 3. The summed E-state index contributed by atoms with van der Waals surface area (Å²) in [5.41, 5.74) is 2.81. The highest BCUT2D eigenvalue weighted by molar-refractivity contribution is 5.93. The lowest BCUT2D eigenvalue weighted by Gasteiger charge is -2.50. The maximum absolute atomic E-state index is 12.6. The van der Waals surface area contributed by atoms with Gasteiger partial charge in [-0.2, -0.15) is 0 Å². The zero-order valence-electron chi connectivity index (χ0n) is 28.8. The Kier molecular flexibility index (Phi) is 8.35. The lowest BCUT2D eigenvalue weighted by Crippen LogP contribution is -2.57. The van der Waals surface area contributed by atoms with Gasteiger partial charge in [-0.25, -0.2) is 4.79 Å². The summed E-state index contributed by atoms with van der Waals surface area (Å²) in [6.07, 6.45) is 20.8. The van der Waals surface area contributed by atoms with Crippen LogP contribution < -0.4 is 0 Å². The van der Waals surface area contributed by atoms with E-state index in [1.807, 2.05) is 0 Å². The first kappa shape index (κ1) is 31.7. The van der Waals surface area contributed by atoms with Crippen molar-refractivity contribution in [3.05, 3.63) is 70.6 Å². The Morgan fingerprint density at radius 3 is 2.32 bits per heavy atom. The number of aliphatic hydroxyl groups is 1. The SMILES string of the molecule is COC1=C(C)C(=O)OC1=C1OC2=CCCN3C(C(O)CC4C5(CCCC5)CCC45CCCC5)CC(Cc4ccccc4)CC3C2C1C. The minimum Gasteiger partial charge on any atom is -0.492 e. The molecular formula is C41H55NO5. The van der Waals surface area contributed by atoms with Gasteiger partial charge in [-0.05, 0) is 112 Å². The minimum atomic E-state index is -0.362. The van der Waals surface area contributed by atoms with Gasteiger partial charge in [0.25, 0.3) is 0 Å². The van der Waals surface area contributed by atoms with Gasteiger partial charge >= 0.3 is 5.97 Å². The van der Waals surface area contributed by atoms with Crippen molar-refractivity contribution in [1.82, 2.24) is 4.90 Å². The number of allylic oxidation sites excluding steroid dienone is 1. The third-order valence-corrected chi connectivity index (χ3v) is 14.2. The summed E-state index contributed by atoms with van der Waals surface area (Å²) >= 11 is 0. The van der Waals surface area contributed by atoms with Gasteiger partial charge in [0.1, 0.15) is 5.76 Å². The lowest BCUT2D eigenvalue weighted by atomic mass is 9.63. The van der Waals surface area contributed by atoms with E-state index in [4.69, 9.17) is 14.2 Å². The van der Waals surface area contributed by atoms with Crippen LogP contribution in [-0.2, 0) is 25.4 Å². The molecule has 0 amide bonds. The van der Waals surface area contributed by atoms with Crippen molar-refractivity contribution in [1.29, 1.82) is 0 Å². The highest BCUT2D eigenvalue weighted by Crippen LogP contribution is 2.67. The first-order valence-electron chi connectivity index (χ1n) is 18.9. The molecule has 1 aromatic carbocycles. The second-order valence-corrected chi connectivity index (χ2v) is 16.4. The summed E-state index contributed by atoms with van der Waals surface area (Å²) in [6.45, 7) is 4.93. The first-order valence-corrected chi connectivity index (χ1v) is 18.9. The molecule has 6 nitrogen and oxygen atoms in total. The van der Waals surface area contributed by atoms with Gasteiger partial charge in [0.2, 0.25) is 5.76 Å². The number of hydrogen-bond donors (Lipinski definition) is 1. The number of benzene rings is 1. The zero-order chi connectivity index (χ0) is 32.3. The van der Waals surface area contributed by atoms with E-state index in [0.29, 0.717) is 45.5 Å². The fourth-order valence-corrected chi connectivity index (χ4v) is 12.1. The number of carbonyl (C=O) groups excluding carboxylic acids is 1. The van der Waals surface area contributed by atoms with Gasteiger partial charge in [-0.1, -0.05) is 62.9 Å². The van der Waals surface area contributed by atoms with E-state index in [1.165, 1.54) is 69.8 Å². The third-order valence-electron chi connectivity index (χ3n) is 14.2. The van der Waals surface area contributed by atoms with Crippen molar-refractivity contribution in [3.63, 3.8) is 0 Å². The number of methoxy groups -OCH3 is 1. The molecule has 254 valence electrons. The average Bonchev–Trinajstić information content (AvgIpc) is 3.89. The van der Waals surface area contributed by atoms with Crippen LogP contribution in [0.3, 0.4) is 0 Å². The fraction of sp³-hybridized carbons (Fsp3) is 0.683. The smallest absolute Gasteiger partial charge is 0.343 e. The van der Waals surface area contributed by atoms with Gasteiger partial charge < -0.3 is 19.3 Å². The molecule has 1 aromatic rings. The highest BCUT2D eigenvalue weighted by atomic mass is 16.6. The van der Waals surface area contributed by atoms with Crippen LogP contribution in [0.5, 0.6) is 0 Å². The quantitative estimate of drug-likeness (QED) is 0.316. The first-order chi connectivity index (χ1) is 22.8. The van der Waals surface area contributed by atoms with E-state index in [0.717, 1.165) is 44.4 Å². The van der Waals surface area contributed by atoms with Crippen molar-refractivity contribution in [2.75, 3.05) is 13.7 Å². The summed E-state index contributed by atoms with van der Waals surface area (Å²) in [6, 6.07) is 11.3. The number of carbonyl (C=O) groups is 1. The molecule has 3 saturated carbocycles. The molecule has 6 atom stereocenters. The molecule has 0 aromatic heterocycles. The minimum absolute atomic E-state index is 0.0253.